The average Bonchev–Trinajstić information content (AvgIpc) is 3.14. The van der Waals surface area contributed by atoms with Crippen molar-refractivity contribution in [2.75, 3.05) is 20.2 Å². The highest BCUT2D eigenvalue weighted by molar-refractivity contribution is 5.89. The number of amides is 2. The van der Waals surface area contributed by atoms with E-state index in [0.717, 1.165) is 41.5 Å². The summed E-state index contributed by atoms with van der Waals surface area (Å²) in [5, 5.41) is 12.2. The molecular weight excluding hydrogens is 408 g/mol. The maximum atomic E-state index is 12.6. The molecule has 2 aromatic carbocycles. The number of nitrogens with one attached hydrogen (secondary N) is 1. The summed E-state index contributed by atoms with van der Waals surface area (Å²) in [7, 11) is 1.50. The number of aliphatic carboxylic acids is 1. The van der Waals surface area contributed by atoms with Crippen LogP contribution in [0.15, 0.2) is 48.5 Å². The Balaban J connectivity index is 1.35. The van der Waals surface area contributed by atoms with Crippen molar-refractivity contribution >= 4 is 18.0 Å². The smallest absolute Gasteiger partial charge is 0.407 e. The molecule has 1 saturated carbocycles. The molecule has 0 radical (unpaired) electrons. The fraction of sp³-hybridized carbons (Fsp3) is 0.400. The van der Waals surface area contributed by atoms with Crippen LogP contribution in [0.3, 0.4) is 0 Å². The molecule has 2 aliphatic carbocycles. The topological polar surface area (TPSA) is 95.9 Å². The van der Waals surface area contributed by atoms with E-state index in [2.05, 4.69) is 17.4 Å². The zero-order valence-electron chi connectivity index (χ0n) is 18.2. The number of hydrogen-bond acceptors (Lipinski definition) is 4. The molecule has 2 aliphatic rings. The summed E-state index contributed by atoms with van der Waals surface area (Å²) in [6, 6.07) is 16.1. The van der Waals surface area contributed by atoms with E-state index in [4.69, 9.17) is 4.74 Å². The van der Waals surface area contributed by atoms with Crippen LogP contribution in [0.2, 0.25) is 0 Å². The van der Waals surface area contributed by atoms with Crippen molar-refractivity contribution in [1.29, 1.82) is 0 Å². The predicted molar refractivity (Wildman–Crippen MR) is 119 cm³/mol. The highest BCUT2D eigenvalue weighted by Crippen LogP contribution is 2.44. The summed E-state index contributed by atoms with van der Waals surface area (Å²) < 4.78 is 5.45. The molecule has 0 spiro atoms. The lowest BCUT2D eigenvalue weighted by molar-refractivity contribution is -0.159. The van der Waals surface area contributed by atoms with E-state index in [1.807, 2.05) is 36.4 Å². The highest BCUT2D eigenvalue weighted by atomic mass is 16.5. The number of carbonyl (C=O) groups is 3. The number of carboxylic acids is 1. The van der Waals surface area contributed by atoms with E-state index in [9.17, 15) is 19.5 Å². The largest absolute Gasteiger partial charge is 0.479 e. The second-order valence-corrected chi connectivity index (χ2v) is 8.53. The summed E-state index contributed by atoms with van der Waals surface area (Å²) in [4.78, 5) is 38.1. The van der Waals surface area contributed by atoms with Crippen LogP contribution in [-0.4, -0.2) is 53.7 Å². The van der Waals surface area contributed by atoms with Crippen LogP contribution in [0.4, 0.5) is 4.79 Å². The molecule has 0 aromatic heterocycles. The van der Waals surface area contributed by atoms with Crippen molar-refractivity contribution in [2.45, 2.75) is 43.6 Å². The van der Waals surface area contributed by atoms with Gasteiger partial charge in [-0.05, 0) is 35.1 Å². The summed E-state index contributed by atoms with van der Waals surface area (Å²) in [6.07, 6.45) is 2.66. The summed E-state index contributed by atoms with van der Waals surface area (Å²) in [5.74, 6) is -1.50. The molecule has 0 unspecified atom stereocenters. The minimum atomic E-state index is -1.20. The van der Waals surface area contributed by atoms with Crippen LogP contribution in [0.1, 0.15) is 49.1 Å². The molecule has 0 heterocycles. The number of rotatable bonds is 6. The monoisotopic (exact) mass is 436 g/mol. The quantitative estimate of drug-likeness (QED) is 0.719. The predicted octanol–water partition coefficient (Wildman–Crippen LogP) is 3.77. The van der Waals surface area contributed by atoms with Gasteiger partial charge in [-0.3, -0.25) is 4.79 Å². The van der Waals surface area contributed by atoms with Crippen molar-refractivity contribution in [3.05, 3.63) is 59.7 Å². The van der Waals surface area contributed by atoms with Gasteiger partial charge in [-0.15, -0.1) is 0 Å². The number of carboxylic acid groups (broad SMARTS) is 1. The lowest BCUT2D eigenvalue weighted by Gasteiger charge is -2.41. The SMILES string of the molecule is CN(C(=O)CNC(=O)OCC1c2ccccc2-c2ccccc21)C1(C(=O)O)CCCCC1. The molecule has 0 bridgehead atoms. The number of nitrogens with zero attached hydrogens (tertiary/aromatic N) is 1. The Morgan fingerprint density at radius 1 is 1.00 bits per heavy atom. The number of likely N-dealkylation sites (N-methyl/N-ethyl adjacent to an activating group) is 1. The Morgan fingerprint density at radius 2 is 1.56 bits per heavy atom. The molecule has 2 amide bonds. The van der Waals surface area contributed by atoms with Crippen molar-refractivity contribution in [1.82, 2.24) is 10.2 Å². The molecule has 4 rings (SSSR count). The first kappa shape index (κ1) is 21.9. The minimum Gasteiger partial charge on any atom is -0.479 e. The van der Waals surface area contributed by atoms with Crippen LogP contribution < -0.4 is 5.32 Å². The van der Waals surface area contributed by atoms with Gasteiger partial charge in [-0.2, -0.15) is 0 Å². The zero-order chi connectivity index (χ0) is 22.7. The maximum Gasteiger partial charge on any atom is 0.407 e. The summed E-state index contributed by atoms with van der Waals surface area (Å²) in [6.45, 7) is -0.148. The van der Waals surface area contributed by atoms with Gasteiger partial charge in [0.1, 0.15) is 18.7 Å². The molecule has 0 saturated heterocycles. The molecule has 2 aromatic rings. The molecule has 2 N–H and O–H groups in total. The van der Waals surface area contributed by atoms with Gasteiger partial charge in [-0.1, -0.05) is 67.8 Å². The van der Waals surface area contributed by atoms with Crippen LogP contribution in [0.25, 0.3) is 11.1 Å². The van der Waals surface area contributed by atoms with E-state index in [1.165, 1.54) is 11.9 Å². The van der Waals surface area contributed by atoms with E-state index in [-0.39, 0.29) is 19.1 Å². The highest BCUT2D eigenvalue weighted by Gasteiger charge is 2.45. The first-order chi connectivity index (χ1) is 15.4. The van der Waals surface area contributed by atoms with Crippen LogP contribution in [0, 0.1) is 0 Å². The minimum absolute atomic E-state index is 0.0657. The Kier molecular flexibility index (Phi) is 6.17. The van der Waals surface area contributed by atoms with Crippen LogP contribution in [-0.2, 0) is 14.3 Å². The van der Waals surface area contributed by atoms with E-state index in [0.29, 0.717) is 12.8 Å². The van der Waals surface area contributed by atoms with Gasteiger partial charge in [0.25, 0.3) is 0 Å². The Labute approximate surface area is 187 Å². The van der Waals surface area contributed by atoms with Crippen molar-refractivity contribution in [2.24, 2.45) is 0 Å². The lowest BCUT2D eigenvalue weighted by Crippen LogP contribution is -2.58. The van der Waals surface area contributed by atoms with Crippen molar-refractivity contribution in [3.63, 3.8) is 0 Å². The molecule has 0 aliphatic heterocycles. The third kappa shape index (κ3) is 3.95. The lowest BCUT2D eigenvalue weighted by atomic mass is 9.80. The number of fused-ring (bicyclic) bond motifs is 3. The van der Waals surface area contributed by atoms with Gasteiger partial charge in [0, 0.05) is 13.0 Å². The molecule has 1 fully saturated rings. The number of alkyl carbamates (subject to hydrolysis) is 1. The van der Waals surface area contributed by atoms with E-state index < -0.39 is 23.5 Å². The Morgan fingerprint density at radius 3 is 2.12 bits per heavy atom. The van der Waals surface area contributed by atoms with Gasteiger partial charge >= 0.3 is 12.1 Å². The van der Waals surface area contributed by atoms with Gasteiger partial charge in [-0.25, -0.2) is 9.59 Å². The molecule has 7 heteroatoms. The van der Waals surface area contributed by atoms with E-state index >= 15 is 0 Å². The fourth-order valence-corrected chi connectivity index (χ4v) is 4.98. The second-order valence-electron chi connectivity index (χ2n) is 8.53. The van der Waals surface area contributed by atoms with Gasteiger partial charge in [0.15, 0.2) is 0 Å². The van der Waals surface area contributed by atoms with Gasteiger partial charge in [0.2, 0.25) is 5.91 Å². The third-order valence-corrected chi connectivity index (χ3v) is 6.82. The maximum absolute atomic E-state index is 12.6. The van der Waals surface area contributed by atoms with Gasteiger partial charge in [0.05, 0.1) is 0 Å². The van der Waals surface area contributed by atoms with Crippen LogP contribution >= 0.6 is 0 Å². The van der Waals surface area contributed by atoms with Gasteiger partial charge < -0.3 is 20.1 Å². The number of carbonyl (C=O) groups excluding carboxylic acids is 2. The first-order valence-electron chi connectivity index (χ1n) is 11.0. The summed E-state index contributed by atoms with van der Waals surface area (Å²) in [5.41, 5.74) is 3.30. The number of benzene rings is 2. The normalized spacial score (nSPS) is 16.5. The standard InChI is InChI=1S/C25H28N2O5/c1-27(25(23(29)30)13-7-2-8-14-25)22(28)15-26-24(31)32-16-21-19-11-5-3-9-17(19)18-10-4-6-12-20(18)21/h3-6,9-12,21H,2,7-8,13-16H2,1H3,(H,26,31)(H,29,30). The molecule has 32 heavy (non-hydrogen) atoms. The molecule has 7 nitrogen and oxygen atoms in total. The average molecular weight is 437 g/mol. The Hall–Kier alpha value is -3.35. The second kappa shape index (κ2) is 9.02. The third-order valence-electron chi connectivity index (χ3n) is 6.82. The van der Waals surface area contributed by atoms with Crippen LogP contribution in [0.5, 0.6) is 0 Å². The van der Waals surface area contributed by atoms with Crippen molar-refractivity contribution < 1.29 is 24.2 Å². The van der Waals surface area contributed by atoms with E-state index in [1.54, 1.807) is 0 Å². The summed E-state index contributed by atoms with van der Waals surface area (Å²) >= 11 is 0. The number of ether oxygens (including phenoxy) is 1. The molecule has 0 atom stereocenters. The fourth-order valence-electron chi connectivity index (χ4n) is 4.98. The zero-order valence-corrected chi connectivity index (χ0v) is 18.2. The molecular formula is C25H28N2O5. The molecule has 168 valence electrons. The van der Waals surface area contributed by atoms with Crippen molar-refractivity contribution in [3.8, 4) is 11.1 Å². The number of hydrogen-bond donors (Lipinski definition) is 2. The Bertz CT molecular complexity index is 983. The first-order valence-corrected chi connectivity index (χ1v) is 11.0.